The van der Waals surface area contributed by atoms with Gasteiger partial charge >= 0.3 is 0 Å². The average molecular weight is 379 g/mol. The van der Waals surface area contributed by atoms with Crippen LogP contribution in [0.3, 0.4) is 0 Å². The highest BCUT2D eigenvalue weighted by Crippen LogP contribution is 2.40. The summed E-state index contributed by atoms with van der Waals surface area (Å²) in [6, 6.07) is 10.2. The topological polar surface area (TPSA) is 72.7 Å². The van der Waals surface area contributed by atoms with Gasteiger partial charge in [0.2, 0.25) is 5.91 Å². The lowest BCUT2D eigenvalue weighted by Gasteiger charge is -2.09. The van der Waals surface area contributed by atoms with E-state index in [-0.39, 0.29) is 5.91 Å². The Balaban J connectivity index is 1.46. The van der Waals surface area contributed by atoms with Crippen molar-refractivity contribution in [1.29, 1.82) is 0 Å². The second kappa shape index (κ2) is 7.52. The molecule has 1 N–H and O–H groups in total. The number of hydrogen-bond donors (Lipinski definition) is 1. The Morgan fingerprint density at radius 1 is 1.22 bits per heavy atom. The predicted octanol–water partition coefficient (Wildman–Crippen LogP) is 4.02. The van der Waals surface area contributed by atoms with Crippen LogP contribution in [0.5, 0.6) is 0 Å². The molecule has 0 unspecified atom stereocenters. The Hall–Kier alpha value is -2.67. The molecule has 27 heavy (non-hydrogen) atoms. The van der Waals surface area contributed by atoms with Crippen LogP contribution in [-0.2, 0) is 4.79 Å². The molecule has 2 aromatic heterocycles. The van der Waals surface area contributed by atoms with Crippen molar-refractivity contribution in [1.82, 2.24) is 19.7 Å². The normalized spacial score (nSPS) is 13.6. The minimum absolute atomic E-state index is 0.0449. The third kappa shape index (κ3) is 4.03. The lowest BCUT2D eigenvalue weighted by molar-refractivity contribution is -0.113. The molecule has 1 saturated carbocycles. The van der Waals surface area contributed by atoms with Crippen molar-refractivity contribution in [2.75, 3.05) is 11.1 Å². The maximum Gasteiger partial charge on any atom is 0.234 e. The number of benzene rings is 1. The highest BCUT2D eigenvalue weighted by molar-refractivity contribution is 7.99. The zero-order chi connectivity index (χ0) is 18.8. The number of carbonyl (C=O) groups is 1. The van der Waals surface area contributed by atoms with Gasteiger partial charge in [0.05, 0.1) is 5.75 Å². The number of aryl methyl sites for hydroxylation is 2. The van der Waals surface area contributed by atoms with E-state index in [4.69, 9.17) is 0 Å². The van der Waals surface area contributed by atoms with Crippen LogP contribution >= 0.6 is 11.8 Å². The first kappa shape index (κ1) is 17.7. The minimum atomic E-state index is -0.0449. The summed E-state index contributed by atoms with van der Waals surface area (Å²) < 4.78 is 2.14. The van der Waals surface area contributed by atoms with E-state index in [9.17, 15) is 4.79 Å². The third-order valence-electron chi connectivity index (χ3n) is 4.62. The van der Waals surface area contributed by atoms with Gasteiger partial charge < -0.3 is 5.32 Å². The molecular formula is C20H21N5OS. The molecule has 4 rings (SSSR count). The molecular weight excluding hydrogens is 358 g/mol. The van der Waals surface area contributed by atoms with Crippen LogP contribution in [0.2, 0.25) is 0 Å². The largest absolute Gasteiger partial charge is 0.325 e. The predicted molar refractivity (Wildman–Crippen MR) is 107 cm³/mol. The van der Waals surface area contributed by atoms with Crippen LogP contribution in [0.1, 0.15) is 30.0 Å². The number of pyridine rings is 1. The molecule has 7 heteroatoms. The summed E-state index contributed by atoms with van der Waals surface area (Å²) in [4.78, 5) is 16.5. The maximum absolute atomic E-state index is 12.4. The summed E-state index contributed by atoms with van der Waals surface area (Å²) in [5.74, 6) is 1.07. The molecule has 2 heterocycles. The van der Waals surface area contributed by atoms with Gasteiger partial charge in [0.15, 0.2) is 11.0 Å². The van der Waals surface area contributed by atoms with Gasteiger partial charge in [-0.3, -0.25) is 14.3 Å². The SMILES string of the molecule is Cc1ccc(NC(=O)CSc2nnc(-c3cccnc3)n2C2CC2)cc1C. The zero-order valence-electron chi connectivity index (χ0n) is 15.3. The Morgan fingerprint density at radius 2 is 2.07 bits per heavy atom. The maximum atomic E-state index is 12.4. The quantitative estimate of drug-likeness (QED) is 0.655. The second-order valence-corrected chi connectivity index (χ2v) is 7.73. The number of aromatic nitrogens is 4. The van der Waals surface area contributed by atoms with Crippen LogP contribution in [0.15, 0.2) is 47.9 Å². The molecule has 138 valence electrons. The Bertz CT molecular complexity index is 966. The number of thioether (sulfide) groups is 1. The zero-order valence-corrected chi connectivity index (χ0v) is 16.2. The fourth-order valence-electron chi connectivity index (χ4n) is 2.88. The summed E-state index contributed by atoms with van der Waals surface area (Å²) in [5.41, 5.74) is 4.14. The minimum Gasteiger partial charge on any atom is -0.325 e. The fraction of sp³-hybridized carbons (Fsp3) is 0.300. The molecule has 3 aromatic rings. The molecule has 0 bridgehead atoms. The number of rotatable bonds is 6. The van der Waals surface area contributed by atoms with E-state index in [1.165, 1.54) is 17.3 Å². The van der Waals surface area contributed by atoms with Gasteiger partial charge in [-0.25, -0.2) is 0 Å². The molecule has 0 saturated heterocycles. The van der Waals surface area contributed by atoms with E-state index in [0.717, 1.165) is 40.6 Å². The van der Waals surface area contributed by atoms with Crippen LogP contribution in [-0.4, -0.2) is 31.4 Å². The lowest BCUT2D eigenvalue weighted by atomic mass is 10.1. The third-order valence-corrected chi connectivity index (χ3v) is 5.56. The first-order valence-electron chi connectivity index (χ1n) is 8.97. The monoisotopic (exact) mass is 379 g/mol. The van der Waals surface area contributed by atoms with Crippen LogP contribution in [0.25, 0.3) is 11.4 Å². The molecule has 0 radical (unpaired) electrons. The summed E-state index contributed by atoms with van der Waals surface area (Å²) in [5, 5.41) is 12.4. The number of hydrogen-bond acceptors (Lipinski definition) is 5. The Kier molecular flexibility index (Phi) is 4.94. The molecule has 1 aliphatic rings. The van der Waals surface area contributed by atoms with Gasteiger partial charge in [-0.1, -0.05) is 17.8 Å². The van der Waals surface area contributed by atoms with E-state index >= 15 is 0 Å². The standard InChI is InChI=1S/C20H21N5OS/c1-13-5-6-16(10-14(13)2)22-18(26)12-27-20-24-23-19(25(20)17-7-8-17)15-4-3-9-21-11-15/h3-6,9-11,17H,7-8,12H2,1-2H3,(H,22,26). The highest BCUT2D eigenvalue weighted by Gasteiger charge is 2.30. The number of amides is 1. The highest BCUT2D eigenvalue weighted by atomic mass is 32.2. The van der Waals surface area contributed by atoms with Crippen LogP contribution in [0.4, 0.5) is 5.69 Å². The van der Waals surface area contributed by atoms with E-state index in [2.05, 4.69) is 32.0 Å². The first-order chi connectivity index (χ1) is 13.1. The van der Waals surface area contributed by atoms with Gasteiger partial charge in [-0.05, 0) is 62.1 Å². The van der Waals surface area contributed by atoms with E-state index in [0.29, 0.717) is 11.8 Å². The van der Waals surface area contributed by atoms with Gasteiger partial charge in [0.1, 0.15) is 0 Å². The summed E-state index contributed by atoms with van der Waals surface area (Å²) >= 11 is 1.42. The van der Waals surface area contributed by atoms with Crippen molar-refractivity contribution in [3.05, 3.63) is 53.9 Å². The molecule has 6 nitrogen and oxygen atoms in total. The van der Waals surface area contributed by atoms with Gasteiger partial charge in [-0.2, -0.15) is 0 Å². The van der Waals surface area contributed by atoms with Crippen molar-refractivity contribution in [2.24, 2.45) is 0 Å². The molecule has 1 fully saturated rings. The van der Waals surface area contributed by atoms with Crippen molar-refractivity contribution < 1.29 is 4.79 Å². The number of anilines is 1. The summed E-state index contributed by atoms with van der Waals surface area (Å²) in [6.45, 7) is 4.10. The van der Waals surface area contributed by atoms with E-state index in [1.54, 1.807) is 12.4 Å². The van der Waals surface area contributed by atoms with E-state index in [1.807, 2.05) is 37.3 Å². The van der Waals surface area contributed by atoms with Crippen molar-refractivity contribution in [3.63, 3.8) is 0 Å². The van der Waals surface area contributed by atoms with E-state index < -0.39 is 0 Å². The van der Waals surface area contributed by atoms with Crippen LogP contribution in [0, 0.1) is 13.8 Å². The molecule has 1 aromatic carbocycles. The number of nitrogens with zero attached hydrogens (tertiary/aromatic N) is 4. The Morgan fingerprint density at radius 3 is 2.78 bits per heavy atom. The van der Waals surface area contributed by atoms with Crippen molar-refractivity contribution in [3.8, 4) is 11.4 Å². The summed E-state index contributed by atoms with van der Waals surface area (Å²) in [6.07, 6.45) is 5.78. The summed E-state index contributed by atoms with van der Waals surface area (Å²) in [7, 11) is 0. The van der Waals surface area contributed by atoms with Gasteiger partial charge in [0.25, 0.3) is 0 Å². The van der Waals surface area contributed by atoms with Gasteiger partial charge in [-0.15, -0.1) is 10.2 Å². The first-order valence-corrected chi connectivity index (χ1v) is 9.95. The molecule has 1 amide bonds. The van der Waals surface area contributed by atoms with Crippen molar-refractivity contribution in [2.45, 2.75) is 37.9 Å². The molecule has 0 aliphatic heterocycles. The number of carbonyl (C=O) groups excluding carboxylic acids is 1. The fourth-order valence-corrected chi connectivity index (χ4v) is 3.68. The molecule has 0 atom stereocenters. The lowest BCUT2D eigenvalue weighted by Crippen LogP contribution is -2.14. The molecule has 1 aliphatic carbocycles. The van der Waals surface area contributed by atoms with Crippen LogP contribution < -0.4 is 5.32 Å². The number of nitrogens with one attached hydrogen (secondary N) is 1. The Labute approximate surface area is 162 Å². The second-order valence-electron chi connectivity index (χ2n) is 6.78. The molecule has 0 spiro atoms. The average Bonchev–Trinajstić information content (AvgIpc) is 3.43. The smallest absolute Gasteiger partial charge is 0.234 e. The van der Waals surface area contributed by atoms with Gasteiger partial charge in [0, 0.05) is 29.7 Å². The van der Waals surface area contributed by atoms with Crippen molar-refractivity contribution >= 4 is 23.4 Å².